The molecule has 122 valence electrons. The molecule has 0 aromatic heterocycles. The highest BCUT2D eigenvalue weighted by atomic mass is 16.5. The van der Waals surface area contributed by atoms with Crippen LogP contribution in [-0.2, 0) is 14.3 Å². The van der Waals surface area contributed by atoms with Gasteiger partial charge in [0, 0.05) is 6.04 Å². The van der Waals surface area contributed by atoms with Gasteiger partial charge in [0.05, 0.1) is 13.2 Å². The normalized spacial score (nSPS) is 23.1. The zero-order valence-electron chi connectivity index (χ0n) is 14.3. The molecule has 0 unspecified atom stereocenters. The van der Waals surface area contributed by atoms with E-state index in [9.17, 15) is 9.59 Å². The second-order valence-corrected chi connectivity index (χ2v) is 6.77. The third-order valence-corrected chi connectivity index (χ3v) is 4.89. The summed E-state index contributed by atoms with van der Waals surface area (Å²) in [7, 11) is 2.00. The average molecular weight is 297 g/mol. The van der Waals surface area contributed by atoms with E-state index in [1.54, 1.807) is 20.8 Å². The third-order valence-electron chi connectivity index (χ3n) is 4.89. The zero-order valence-corrected chi connectivity index (χ0v) is 14.3. The number of esters is 1. The first kappa shape index (κ1) is 18.1. The molecule has 1 fully saturated rings. The predicted octanol–water partition coefficient (Wildman–Crippen LogP) is 3.05. The summed E-state index contributed by atoms with van der Waals surface area (Å²) in [6, 6.07) is 0.467. The molecule has 1 rings (SSSR count). The van der Waals surface area contributed by atoms with Gasteiger partial charge in [-0.1, -0.05) is 13.3 Å². The Morgan fingerprint density at radius 2 is 1.71 bits per heavy atom. The van der Waals surface area contributed by atoms with Crippen LogP contribution in [0.1, 0.15) is 59.8 Å². The molecule has 1 aliphatic rings. The monoisotopic (exact) mass is 297 g/mol. The SMILES string of the molecule is CCOC(=O)C(C)(C)C(=O)CN(C)C1CCC(CC)CC1. The lowest BCUT2D eigenvalue weighted by Crippen LogP contribution is -2.45. The number of Topliss-reactive ketones (excluding diaryl/α,β-unsaturated/α-hetero) is 1. The minimum absolute atomic E-state index is 0.0546. The van der Waals surface area contributed by atoms with Crippen LogP contribution in [0.3, 0.4) is 0 Å². The number of carbonyl (C=O) groups excluding carboxylic acids is 2. The summed E-state index contributed by atoms with van der Waals surface area (Å²) in [5, 5.41) is 0. The number of hydrogen-bond acceptors (Lipinski definition) is 4. The molecule has 0 heterocycles. The van der Waals surface area contributed by atoms with Crippen molar-refractivity contribution in [3.8, 4) is 0 Å². The van der Waals surface area contributed by atoms with Crippen molar-refractivity contribution < 1.29 is 14.3 Å². The van der Waals surface area contributed by atoms with Gasteiger partial charge in [-0.3, -0.25) is 14.5 Å². The van der Waals surface area contributed by atoms with Gasteiger partial charge in [-0.2, -0.15) is 0 Å². The molecule has 0 aromatic rings. The Labute approximate surface area is 129 Å². The highest BCUT2D eigenvalue weighted by Gasteiger charge is 2.38. The topological polar surface area (TPSA) is 46.6 Å². The largest absolute Gasteiger partial charge is 0.465 e. The summed E-state index contributed by atoms with van der Waals surface area (Å²) >= 11 is 0. The van der Waals surface area contributed by atoms with Crippen molar-refractivity contribution >= 4 is 11.8 Å². The predicted molar refractivity (Wildman–Crippen MR) is 84.1 cm³/mol. The highest BCUT2D eigenvalue weighted by Crippen LogP contribution is 2.29. The van der Waals surface area contributed by atoms with Crippen molar-refractivity contribution in [2.24, 2.45) is 11.3 Å². The van der Waals surface area contributed by atoms with Crippen LogP contribution < -0.4 is 0 Å². The van der Waals surface area contributed by atoms with Crippen LogP contribution in [-0.4, -0.2) is 42.9 Å². The number of ether oxygens (including phenoxy) is 1. The maximum absolute atomic E-state index is 12.4. The molecule has 0 N–H and O–H groups in total. The first-order chi connectivity index (χ1) is 9.82. The average Bonchev–Trinajstić information content (AvgIpc) is 2.47. The summed E-state index contributed by atoms with van der Waals surface area (Å²) < 4.78 is 5.01. The van der Waals surface area contributed by atoms with Crippen LogP contribution in [0, 0.1) is 11.3 Å². The lowest BCUT2D eigenvalue weighted by molar-refractivity contribution is -0.158. The van der Waals surface area contributed by atoms with Gasteiger partial charge in [0.2, 0.25) is 0 Å². The molecular weight excluding hydrogens is 266 g/mol. The fraction of sp³-hybridized carbons (Fsp3) is 0.882. The Kier molecular flexibility index (Phi) is 6.85. The Morgan fingerprint density at radius 1 is 1.14 bits per heavy atom. The van der Waals surface area contributed by atoms with Crippen LogP contribution in [0.4, 0.5) is 0 Å². The Balaban J connectivity index is 2.52. The van der Waals surface area contributed by atoms with Gasteiger partial charge in [0.25, 0.3) is 0 Å². The van der Waals surface area contributed by atoms with Crippen LogP contribution in [0.2, 0.25) is 0 Å². The summed E-state index contributed by atoms with van der Waals surface area (Å²) in [5.41, 5.74) is -1.05. The van der Waals surface area contributed by atoms with Gasteiger partial charge in [-0.05, 0) is 59.4 Å². The van der Waals surface area contributed by atoms with Crippen molar-refractivity contribution in [3.63, 3.8) is 0 Å². The zero-order chi connectivity index (χ0) is 16.0. The fourth-order valence-corrected chi connectivity index (χ4v) is 2.97. The number of nitrogens with zero attached hydrogens (tertiary/aromatic N) is 1. The molecule has 4 heteroatoms. The molecule has 0 amide bonds. The summed E-state index contributed by atoms with van der Waals surface area (Å²) in [5.74, 6) is 0.375. The first-order valence-corrected chi connectivity index (χ1v) is 8.23. The lowest BCUT2D eigenvalue weighted by Gasteiger charge is -2.35. The maximum atomic E-state index is 12.4. The number of hydrogen-bond donors (Lipinski definition) is 0. The molecule has 0 spiro atoms. The number of carbonyl (C=O) groups is 2. The van der Waals surface area contributed by atoms with Crippen LogP contribution >= 0.6 is 0 Å². The minimum Gasteiger partial charge on any atom is -0.465 e. The van der Waals surface area contributed by atoms with Gasteiger partial charge in [-0.25, -0.2) is 0 Å². The second kappa shape index (κ2) is 7.92. The van der Waals surface area contributed by atoms with Crippen LogP contribution in [0.5, 0.6) is 0 Å². The molecule has 0 bridgehead atoms. The molecule has 0 atom stereocenters. The Bertz CT molecular complexity index is 357. The number of ketones is 1. The molecule has 0 aromatic carbocycles. The van der Waals surface area contributed by atoms with E-state index in [2.05, 4.69) is 11.8 Å². The Hall–Kier alpha value is -0.900. The quantitative estimate of drug-likeness (QED) is 0.535. The van der Waals surface area contributed by atoms with Crippen LogP contribution in [0.25, 0.3) is 0 Å². The molecule has 0 aliphatic heterocycles. The lowest BCUT2D eigenvalue weighted by atomic mass is 9.83. The molecule has 21 heavy (non-hydrogen) atoms. The smallest absolute Gasteiger partial charge is 0.319 e. The summed E-state index contributed by atoms with van der Waals surface area (Å²) in [4.78, 5) is 26.4. The maximum Gasteiger partial charge on any atom is 0.319 e. The first-order valence-electron chi connectivity index (χ1n) is 8.23. The highest BCUT2D eigenvalue weighted by molar-refractivity contribution is 6.03. The Morgan fingerprint density at radius 3 is 2.19 bits per heavy atom. The van der Waals surface area contributed by atoms with Crippen LogP contribution in [0.15, 0.2) is 0 Å². The van der Waals surface area contributed by atoms with Crippen molar-refractivity contribution in [1.29, 1.82) is 0 Å². The minimum atomic E-state index is -1.05. The van der Waals surface area contributed by atoms with Crippen molar-refractivity contribution in [3.05, 3.63) is 0 Å². The molecule has 4 nitrogen and oxygen atoms in total. The van der Waals surface area contributed by atoms with E-state index < -0.39 is 11.4 Å². The number of likely N-dealkylation sites (N-methyl/N-ethyl adjacent to an activating group) is 1. The summed E-state index contributed by atoms with van der Waals surface area (Å²) in [6.07, 6.45) is 6.07. The molecule has 1 saturated carbocycles. The molecule has 0 radical (unpaired) electrons. The molecule has 0 saturated heterocycles. The van der Waals surface area contributed by atoms with E-state index in [-0.39, 0.29) is 5.78 Å². The van der Waals surface area contributed by atoms with Gasteiger partial charge in [-0.15, -0.1) is 0 Å². The fourth-order valence-electron chi connectivity index (χ4n) is 2.97. The van der Waals surface area contributed by atoms with Gasteiger partial charge >= 0.3 is 5.97 Å². The van der Waals surface area contributed by atoms with Gasteiger partial charge in [0.15, 0.2) is 5.78 Å². The van der Waals surface area contributed by atoms with E-state index in [1.165, 1.54) is 19.3 Å². The van der Waals surface area contributed by atoms with E-state index in [4.69, 9.17) is 4.74 Å². The van der Waals surface area contributed by atoms with Crippen molar-refractivity contribution in [1.82, 2.24) is 4.90 Å². The van der Waals surface area contributed by atoms with E-state index in [0.29, 0.717) is 19.2 Å². The second-order valence-electron chi connectivity index (χ2n) is 6.77. The van der Waals surface area contributed by atoms with E-state index >= 15 is 0 Å². The van der Waals surface area contributed by atoms with Crippen molar-refractivity contribution in [2.45, 2.75) is 65.8 Å². The van der Waals surface area contributed by atoms with Crippen molar-refractivity contribution in [2.75, 3.05) is 20.2 Å². The molecule has 1 aliphatic carbocycles. The third kappa shape index (κ3) is 4.80. The standard InChI is InChI=1S/C17H31NO3/c1-6-13-8-10-14(11-9-13)18(5)12-15(19)17(3,4)16(20)21-7-2/h13-14H,6-12H2,1-5H3. The van der Waals surface area contributed by atoms with Gasteiger partial charge in [0.1, 0.15) is 5.41 Å². The van der Waals surface area contributed by atoms with E-state index in [0.717, 1.165) is 18.8 Å². The van der Waals surface area contributed by atoms with Gasteiger partial charge < -0.3 is 4.74 Å². The van der Waals surface area contributed by atoms with E-state index in [1.807, 2.05) is 7.05 Å². The molecular formula is C17H31NO3. The number of rotatable bonds is 7. The summed E-state index contributed by atoms with van der Waals surface area (Å²) in [6.45, 7) is 7.97.